The predicted octanol–water partition coefficient (Wildman–Crippen LogP) is 1.15. The van der Waals surface area contributed by atoms with Gasteiger partial charge in [0.25, 0.3) is 5.69 Å². The summed E-state index contributed by atoms with van der Waals surface area (Å²) >= 11 is 0. The number of aliphatic hydroxyl groups excluding tert-OH is 1. The number of aliphatic hydroxyl groups is 1. The van der Waals surface area contributed by atoms with Crippen molar-refractivity contribution in [2.45, 2.75) is 19.4 Å². The summed E-state index contributed by atoms with van der Waals surface area (Å²) in [7, 11) is 0. The van der Waals surface area contributed by atoms with Gasteiger partial charge in [-0.1, -0.05) is 0 Å². The number of ether oxygens (including phenoxy) is 1. The average Bonchev–Trinajstić information content (AvgIpc) is 2.34. The summed E-state index contributed by atoms with van der Waals surface area (Å²) in [4.78, 5) is 20.6. The Morgan fingerprint density at radius 3 is 2.68 bits per heavy atom. The topological polar surface area (TPSA) is 116 Å². The van der Waals surface area contributed by atoms with Crippen molar-refractivity contribution in [2.75, 3.05) is 6.61 Å². The highest BCUT2D eigenvalue weighted by Gasteiger charge is 2.14. The molecule has 3 N–H and O–H groups in total. The van der Waals surface area contributed by atoms with Gasteiger partial charge < -0.3 is 15.6 Å². The van der Waals surface area contributed by atoms with E-state index < -0.39 is 17.4 Å². The van der Waals surface area contributed by atoms with Gasteiger partial charge in [-0.05, 0) is 18.6 Å². The standard InChI is InChI=1S/C11H14N2O5.ClH/c12-11(15)2-1-5-18-9-4-3-8(7-14)10(6-9)13(16)17;/h3-4,6,14H,1-2,5,7H2,(H2,12,15);1H. The van der Waals surface area contributed by atoms with Crippen molar-refractivity contribution < 1.29 is 19.6 Å². The van der Waals surface area contributed by atoms with Crippen molar-refractivity contribution in [3.8, 4) is 5.75 Å². The fourth-order valence-corrected chi connectivity index (χ4v) is 1.37. The Bertz CT molecular complexity index is 453. The second-order valence-electron chi connectivity index (χ2n) is 3.62. The third kappa shape index (κ3) is 5.54. The van der Waals surface area contributed by atoms with Crippen LogP contribution in [-0.2, 0) is 11.4 Å². The monoisotopic (exact) mass is 290 g/mol. The molecule has 1 aromatic rings. The molecule has 0 heterocycles. The minimum atomic E-state index is -0.582. The molecular formula is C11H15ClN2O5. The van der Waals surface area contributed by atoms with Gasteiger partial charge in [0.2, 0.25) is 5.91 Å². The normalized spacial score (nSPS) is 9.53. The van der Waals surface area contributed by atoms with E-state index in [1.807, 2.05) is 0 Å². The summed E-state index contributed by atoms with van der Waals surface area (Å²) in [6.45, 7) is -0.156. The molecule has 1 rings (SSSR count). The summed E-state index contributed by atoms with van der Waals surface area (Å²) in [5.41, 5.74) is 5.00. The summed E-state index contributed by atoms with van der Waals surface area (Å²) < 4.78 is 5.25. The van der Waals surface area contributed by atoms with Gasteiger partial charge in [0.05, 0.1) is 29.8 Å². The molecule has 8 heteroatoms. The highest BCUT2D eigenvalue weighted by Crippen LogP contribution is 2.24. The smallest absolute Gasteiger partial charge is 0.278 e. The molecule has 7 nitrogen and oxygen atoms in total. The number of carbonyl (C=O) groups excluding carboxylic acids is 1. The molecule has 0 fully saturated rings. The highest BCUT2D eigenvalue weighted by molar-refractivity contribution is 5.85. The van der Waals surface area contributed by atoms with E-state index in [1.54, 1.807) is 0 Å². The Balaban J connectivity index is 0.00000324. The van der Waals surface area contributed by atoms with Crippen LogP contribution in [0, 0.1) is 10.1 Å². The second kappa shape index (κ2) is 8.28. The van der Waals surface area contributed by atoms with Gasteiger partial charge in [-0.15, -0.1) is 12.4 Å². The van der Waals surface area contributed by atoms with E-state index >= 15 is 0 Å². The molecule has 0 unspecified atom stereocenters. The maximum atomic E-state index is 10.7. The van der Waals surface area contributed by atoms with Crippen LogP contribution in [0.4, 0.5) is 5.69 Å². The van der Waals surface area contributed by atoms with Crippen LogP contribution in [0.2, 0.25) is 0 Å². The quantitative estimate of drug-likeness (QED) is 0.444. The van der Waals surface area contributed by atoms with Crippen LogP contribution in [0.5, 0.6) is 5.75 Å². The molecule has 19 heavy (non-hydrogen) atoms. The lowest BCUT2D eigenvalue weighted by molar-refractivity contribution is -0.385. The third-order valence-corrected chi connectivity index (χ3v) is 2.26. The van der Waals surface area contributed by atoms with Crippen molar-refractivity contribution in [1.82, 2.24) is 0 Å². The number of amides is 1. The van der Waals surface area contributed by atoms with Crippen LogP contribution in [0.1, 0.15) is 18.4 Å². The van der Waals surface area contributed by atoms with Crippen molar-refractivity contribution in [2.24, 2.45) is 5.73 Å². The first kappa shape index (κ1) is 17.1. The van der Waals surface area contributed by atoms with E-state index in [2.05, 4.69) is 0 Å². The molecule has 0 aliphatic carbocycles. The predicted molar refractivity (Wildman–Crippen MR) is 70.2 cm³/mol. The number of nitro benzene ring substituents is 1. The van der Waals surface area contributed by atoms with Gasteiger partial charge in [-0.2, -0.15) is 0 Å². The number of hydrogen-bond acceptors (Lipinski definition) is 5. The minimum absolute atomic E-state index is 0. The zero-order valence-corrected chi connectivity index (χ0v) is 10.9. The van der Waals surface area contributed by atoms with Crippen molar-refractivity contribution in [3.05, 3.63) is 33.9 Å². The summed E-state index contributed by atoms with van der Waals surface area (Å²) in [6.07, 6.45) is 0.654. The van der Waals surface area contributed by atoms with E-state index in [1.165, 1.54) is 18.2 Å². The number of primary amides is 1. The van der Waals surface area contributed by atoms with Gasteiger partial charge in [0.1, 0.15) is 5.75 Å². The summed E-state index contributed by atoms with van der Waals surface area (Å²) in [6, 6.07) is 4.21. The molecule has 0 radical (unpaired) electrons. The number of nitro groups is 1. The maximum Gasteiger partial charge on any atom is 0.278 e. The van der Waals surface area contributed by atoms with Crippen LogP contribution >= 0.6 is 12.4 Å². The maximum absolute atomic E-state index is 10.7. The molecule has 1 aromatic carbocycles. The molecule has 0 bridgehead atoms. The molecule has 0 aliphatic rings. The minimum Gasteiger partial charge on any atom is -0.493 e. The third-order valence-electron chi connectivity index (χ3n) is 2.26. The van der Waals surface area contributed by atoms with Gasteiger partial charge >= 0.3 is 0 Å². The first-order chi connectivity index (χ1) is 8.54. The number of nitrogens with zero attached hydrogens (tertiary/aromatic N) is 1. The SMILES string of the molecule is Cl.NC(=O)CCCOc1ccc(CO)c([N+](=O)[O-])c1. The van der Waals surface area contributed by atoms with Crippen LogP contribution < -0.4 is 10.5 Å². The largest absolute Gasteiger partial charge is 0.493 e. The van der Waals surface area contributed by atoms with Gasteiger partial charge in [0.15, 0.2) is 0 Å². The Hall–Kier alpha value is -1.86. The summed E-state index contributed by atoms with van der Waals surface area (Å²) in [5, 5.41) is 19.7. The molecule has 0 saturated heterocycles. The molecule has 0 aromatic heterocycles. The number of rotatable bonds is 7. The van der Waals surface area contributed by atoms with Crippen molar-refractivity contribution in [1.29, 1.82) is 0 Å². The van der Waals surface area contributed by atoms with E-state index in [0.717, 1.165) is 0 Å². The Kier molecular flexibility index (Phi) is 7.47. The fraction of sp³-hybridized carbons (Fsp3) is 0.364. The Morgan fingerprint density at radius 1 is 1.47 bits per heavy atom. The first-order valence-electron chi connectivity index (χ1n) is 5.34. The fourth-order valence-electron chi connectivity index (χ4n) is 1.37. The van der Waals surface area contributed by atoms with Crippen molar-refractivity contribution in [3.63, 3.8) is 0 Å². The first-order valence-corrected chi connectivity index (χ1v) is 5.34. The lowest BCUT2D eigenvalue weighted by atomic mass is 10.2. The summed E-state index contributed by atoms with van der Waals surface area (Å²) in [5.74, 6) is -0.0939. The average molecular weight is 291 g/mol. The van der Waals surface area contributed by atoms with E-state index in [4.69, 9.17) is 15.6 Å². The molecule has 0 atom stereocenters. The zero-order valence-electron chi connectivity index (χ0n) is 10.1. The molecule has 1 amide bonds. The van der Waals surface area contributed by atoms with Crippen LogP contribution in [0.15, 0.2) is 18.2 Å². The highest BCUT2D eigenvalue weighted by atomic mass is 35.5. The van der Waals surface area contributed by atoms with E-state index in [9.17, 15) is 14.9 Å². The molecular weight excluding hydrogens is 276 g/mol. The lowest BCUT2D eigenvalue weighted by Crippen LogP contribution is -2.11. The Morgan fingerprint density at radius 2 is 2.16 bits per heavy atom. The van der Waals surface area contributed by atoms with Gasteiger partial charge in [-0.3, -0.25) is 14.9 Å². The Labute approximate surface area is 115 Å². The zero-order chi connectivity index (χ0) is 13.5. The number of carbonyl (C=O) groups is 1. The second-order valence-corrected chi connectivity index (χ2v) is 3.62. The molecule has 0 spiro atoms. The molecule has 0 saturated carbocycles. The molecule has 0 aliphatic heterocycles. The van der Waals surface area contributed by atoms with Crippen LogP contribution in [0.25, 0.3) is 0 Å². The number of hydrogen-bond donors (Lipinski definition) is 2. The number of nitrogens with two attached hydrogens (primary N) is 1. The van der Waals surface area contributed by atoms with Crippen molar-refractivity contribution >= 4 is 24.0 Å². The van der Waals surface area contributed by atoms with Gasteiger partial charge in [-0.25, -0.2) is 0 Å². The van der Waals surface area contributed by atoms with Gasteiger partial charge in [0, 0.05) is 6.42 Å². The number of halogens is 1. The van der Waals surface area contributed by atoms with Crippen LogP contribution in [0.3, 0.4) is 0 Å². The lowest BCUT2D eigenvalue weighted by Gasteiger charge is -2.06. The number of benzene rings is 1. The van der Waals surface area contributed by atoms with E-state index in [0.29, 0.717) is 12.2 Å². The van der Waals surface area contributed by atoms with Crippen LogP contribution in [-0.4, -0.2) is 22.5 Å². The molecule has 106 valence electrons. The van der Waals surface area contributed by atoms with E-state index in [-0.39, 0.29) is 36.7 Å².